The summed E-state index contributed by atoms with van der Waals surface area (Å²) in [7, 11) is 0. The first kappa shape index (κ1) is 12.9. The van der Waals surface area contributed by atoms with E-state index < -0.39 is 0 Å². The van der Waals surface area contributed by atoms with Crippen molar-refractivity contribution >= 4 is 11.1 Å². The molecule has 3 rings (SSSR count). The van der Waals surface area contributed by atoms with Crippen molar-refractivity contribution in [2.45, 2.75) is 26.7 Å². The van der Waals surface area contributed by atoms with E-state index in [1.165, 1.54) is 33.4 Å². The van der Waals surface area contributed by atoms with Crippen molar-refractivity contribution in [1.82, 2.24) is 0 Å². The molecule has 0 bridgehead atoms. The van der Waals surface area contributed by atoms with Crippen LogP contribution in [0.15, 0.2) is 71.8 Å². The van der Waals surface area contributed by atoms with Gasteiger partial charge in [0.05, 0.1) is 0 Å². The number of rotatable bonds is 3. The maximum Gasteiger partial charge on any atom is -0.00516 e. The van der Waals surface area contributed by atoms with Crippen LogP contribution in [0.3, 0.4) is 0 Å². The summed E-state index contributed by atoms with van der Waals surface area (Å²) >= 11 is 0. The fourth-order valence-electron chi connectivity index (χ4n) is 3.17. The van der Waals surface area contributed by atoms with Gasteiger partial charge in [0.25, 0.3) is 0 Å². The average molecular weight is 260 g/mol. The van der Waals surface area contributed by atoms with Gasteiger partial charge in [-0.05, 0) is 47.6 Å². The molecular weight excluding hydrogens is 240 g/mol. The van der Waals surface area contributed by atoms with E-state index >= 15 is 0 Å². The topological polar surface area (TPSA) is 0 Å². The van der Waals surface area contributed by atoms with Gasteiger partial charge >= 0.3 is 0 Å². The predicted molar refractivity (Wildman–Crippen MR) is 87.3 cm³/mol. The van der Waals surface area contributed by atoms with Crippen LogP contribution in [0, 0.1) is 0 Å². The molecule has 0 nitrogen and oxygen atoms in total. The highest BCUT2D eigenvalue weighted by Gasteiger charge is 2.22. The molecule has 0 radical (unpaired) electrons. The van der Waals surface area contributed by atoms with Crippen LogP contribution >= 0.6 is 0 Å². The molecule has 0 saturated carbocycles. The van der Waals surface area contributed by atoms with Crippen LogP contribution in [0.25, 0.3) is 11.1 Å². The minimum absolute atomic E-state index is 1.08. The number of hydrogen-bond donors (Lipinski definition) is 0. The lowest BCUT2D eigenvalue weighted by Gasteiger charge is -2.12. The van der Waals surface area contributed by atoms with E-state index in [4.69, 9.17) is 0 Å². The van der Waals surface area contributed by atoms with Gasteiger partial charge in [0.2, 0.25) is 0 Å². The first-order chi connectivity index (χ1) is 9.81. The van der Waals surface area contributed by atoms with Crippen LogP contribution in [0.2, 0.25) is 0 Å². The molecule has 0 atom stereocenters. The molecule has 0 N–H and O–H groups in total. The van der Waals surface area contributed by atoms with Gasteiger partial charge in [-0.3, -0.25) is 0 Å². The second-order valence-corrected chi connectivity index (χ2v) is 5.37. The van der Waals surface area contributed by atoms with E-state index in [1.807, 2.05) is 0 Å². The highest BCUT2D eigenvalue weighted by atomic mass is 14.3. The van der Waals surface area contributed by atoms with Gasteiger partial charge in [-0.2, -0.15) is 0 Å². The molecule has 20 heavy (non-hydrogen) atoms. The zero-order valence-corrected chi connectivity index (χ0v) is 12.2. The third kappa shape index (κ3) is 2.22. The maximum atomic E-state index is 2.28. The number of allylic oxidation sites excluding steroid dienone is 4. The van der Waals surface area contributed by atoms with E-state index in [2.05, 4.69) is 74.5 Å². The summed E-state index contributed by atoms with van der Waals surface area (Å²) in [6.45, 7) is 4.54. The number of benzene rings is 2. The minimum Gasteiger partial charge on any atom is -0.0651 e. The van der Waals surface area contributed by atoms with Gasteiger partial charge in [-0.1, -0.05) is 73.2 Å². The monoisotopic (exact) mass is 260 g/mol. The standard InChI is InChI=1S/C20H20/c1-3-18-15(2)14-19(16-10-6-4-7-11-16)20(18)17-12-8-5-9-13-17/h4-13H,3,14H2,1-2H3. The second kappa shape index (κ2) is 5.50. The van der Waals surface area contributed by atoms with E-state index in [9.17, 15) is 0 Å². The van der Waals surface area contributed by atoms with Crippen molar-refractivity contribution < 1.29 is 0 Å². The maximum absolute atomic E-state index is 2.28. The van der Waals surface area contributed by atoms with E-state index in [1.54, 1.807) is 0 Å². The molecule has 0 spiro atoms. The van der Waals surface area contributed by atoms with Gasteiger partial charge in [-0.25, -0.2) is 0 Å². The molecular formula is C20H20. The molecule has 2 aromatic carbocycles. The first-order valence-electron chi connectivity index (χ1n) is 7.34. The highest BCUT2D eigenvalue weighted by molar-refractivity contribution is 6.02. The molecule has 0 heterocycles. The molecule has 1 aliphatic carbocycles. The Labute approximate surface area is 121 Å². The van der Waals surface area contributed by atoms with Crippen molar-refractivity contribution in [3.63, 3.8) is 0 Å². The zero-order valence-electron chi connectivity index (χ0n) is 12.2. The van der Waals surface area contributed by atoms with E-state index in [0.29, 0.717) is 0 Å². The van der Waals surface area contributed by atoms with Crippen LogP contribution in [0.1, 0.15) is 37.8 Å². The van der Waals surface area contributed by atoms with Gasteiger partial charge < -0.3 is 0 Å². The van der Waals surface area contributed by atoms with E-state index in [-0.39, 0.29) is 0 Å². The van der Waals surface area contributed by atoms with Gasteiger partial charge in [0.15, 0.2) is 0 Å². The summed E-state index contributed by atoms with van der Waals surface area (Å²) in [6.07, 6.45) is 2.18. The summed E-state index contributed by atoms with van der Waals surface area (Å²) in [5.41, 5.74) is 8.68. The molecule has 0 fully saturated rings. The predicted octanol–water partition coefficient (Wildman–Crippen LogP) is 5.73. The van der Waals surface area contributed by atoms with Crippen LogP contribution in [-0.4, -0.2) is 0 Å². The largest absolute Gasteiger partial charge is 0.0651 e. The molecule has 1 aliphatic rings. The Morgan fingerprint density at radius 3 is 1.90 bits per heavy atom. The lowest BCUT2D eigenvalue weighted by molar-refractivity contribution is 1.11. The van der Waals surface area contributed by atoms with Crippen molar-refractivity contribution in [1.29, 1.82) is 0 Å². The van der Waals surface area contributed by atoms with Crippen LogP contribution < -0.4 is 0 Å². The second-order valence-electron chi connectivity index (χ2n) is 5.37. The SMILES string of the molecule is CCC1=C(C)CC(c2ccccc2)=C1c1ccccc1. The summed E-state index contributed by atoms with van der Waals surface area (Å²) < 4.78 is 0. The Bertz CT molecular complexity index is 658. The Hall–Kier alpha value is -2.08. The van der Waals surface area contributed by atoms with Crippen LogP contribution in [0.4, 0.5) is 0 Å². The molecule has 0 unspecified atom stereocenters. The van der Waals surface area contributed by atoms with Crippen LogP contribution in [0.5, 0.6) is 0 Å². The summed E-state index contributed by atoms with van der Waals surface area (Å²) in [6, 6.07) is 21.6. The van der Waals surface area contributed by atoms with Gasteiger partial charge in [-0.15, -0.1) is 0 Å². The molecule has 2 aromatic rings. The number of hydrogen-bond acceptors (Lipinski definition) is 0. The minimum atomic E-state index is 1.08. The first-order valence-corrected chi connectivity index (χ1v) is 7.34. The van der Waals surface area contributed by atoms with Crippen molar-refractivity contribution in [2.75, 3.05) is 0 Å². The molecule has 0 amide bonds. The van der Waals surface area contributed by atoms with Crippen molar-refractivity contribution in [3.8, 4) is 0 Å². The Kier molecular flexibility index (Phi) is 3.56. The quantitative estimate of drug-likeness (QED) is 0.661. The van der Waals surface area contributed by atoms with Crippen LogP contribution in [-0.2, 0) is 0 Å². The molecule has 0 aromatic heterocycles. The molecule has 0 aliphatic heterocycles. The van der Waals surface area contributed by atoms with Gasteiger partial charge in [0.1, 0.15) is 0 Å². The van der Waals surface area contributed by atoms with Crippen molar-refractivity contribution in [2.24, 2.45) is 0 Å². The Morgan fingerprint density at radius 1 is 0.800 bits per heavy atom. The van der Waals surface area contributed by atoms with E-state index in [0.717, 1.165) is 12.8 Å². The van der Waals surface area contributed by atoms with Gasteiger partial charge in [0, 0.05) is 0 Å². The molecule has 100 valence electrons. The third-order valence-electron chi connectivity index (χ3n) is 4.10. The zero-order chi connectivity index (χ0) is 13.9. The fraction of sp³-hybridized carbons (Fsp3) is 0.200. The van der Waals surface area contributed by atoms with Crippen molar-refractivity contribution in [3.05, 3.63) is 82.9 Å². The smallest absolute Gasteiger partial charge is 0.00516 e. The fourth-order valence-corrected chi connectivity index (χ4v) is 3.17. The highest BCUT2D eigenvalue weighted by Crippen LogP contribution is 2.44. The summed E-state index contributed by atoms with van der Waals surface area (Å²) in [4.78, 5) is 0. The Morgan fingerprint density at radius 2 is 1.35 bits per heavy atom. The third-order valence-corrected chi connectivity index (χ3v) is 4.10. The Balaban J connectivity index is 2.19. The average Bonchev–Trinajstić information content (AvgIpc) is 2.85. The summed E-state index contributed by atoms with van der Waals surface area (Å²) in [5.74, 6) is 0. The molecule has 0 saturated heterocycles. The lowest BCUT2D eigenvalue weighted by Crippen LogP contribution is -1.90. The summed E-state index contributed by atoms with van der Waals surface area (Å²) in [5, 5.41) is 0. The normalized spacial score (nSPS) is 15.1. The lowest BCUT2D eigenvalue weighted by atomic mass is 9.92. The molecule has 0 heteroatoms.